The number of piperidine rings is 2. The van der Waals surface area contributed by atoms with Crippen molar-refractivity contribution in [2.75, 3.05) is 80.1 Å². The number of benzene rings is 3. The van der Waals surface area contributed by atoms with Crippen molar-refractivity contribution in [2.45, 2.75) is 37.6 Å². The highest BCUT2D eigenvalue weighted by atomic mass is 35.5. The lowest BCUT2D eigenvalue weighted by Gasteiger charge is -2.44. The summed E-state index contributed by atoms with van der Waals surface area (Å²) >= 11 is 6.56. The number of carbonyl (C=O) groups is 2. The average molecular weight is 855 g/mol. The summed E-state index contributed by atoms with van der Waals surface area (Å²) in [6.07, 6.45) is 7.94. The molecule has 314 valence electrons. The van der Waals surface area contributed by atoms with Gasteiger partial charge in [-0.05, 0) is 68.5 Å². The van der Waals surface area contributed by atoms with Gasteiger partial charge in [0.05, 0.1) is 42.5 Å². The third-order valence-corrected chi connectivity index (χ3v) is 13.5. The monoisotopic (exact) mass is 854 g/mol. The molecule has 3 aliphatic rings. The number of methoxy groups -OCH3 is 1. The molecule has 3 fully saturated rings. The molecule has 8 rings (SSSR count). The zero-order valence-electron chi connectivity index (χ0n) is 34.1. The van der Waals surface area contributed by atoms with Crippen molar-refractivity contribution in [2.24, 2.45) is 7.05 Å². The number of hydrogen-bond donors (Lipinski definition) is 3. The molecule has 3 N–H and O–H groups in total. The molecule has 1 atom stereocenters. The van der Waals surface area contributed by atoms with E-state index in [4.69, 9.17) is 21.3 Å². The summed E-state index contributed by atoms with van der Waals surface area (Å²) in [5.74, 6) is -0.215. The fourth-order valence-electron chi connectivity index (χ4n) is 8.51. The molecule has 5 heterocycles. The van der Waals surface area contributed by atoms with Crippen molar-refractivity contribution in [1.82, 2.24) is 30.0 Å². The van der Waals surface area contributed by atoms with Crippen LogP contribution in [-0.4, -0.2) is 102 Å². The first-order chi connectivity index (χ1) is 28.8. The van der Waals surface area contributed by atoms with Gasteiger partial charge in [0, 0.05) is 93.2 Å². The number of anilines is 6. The van der Waals surface area contributed by atoms with E-state index in [0.717, 1.165) is 55.8 Å². The van der Waals surface area contributed by atoms with E-state index in [1.54, 1.807) is 31.2 Å². The predicted molar refractivity (Wildman–Crippen MR) is 235 cm³/mol. The third kappa shape index (κ3) is 8.84. The van der Waals surface area contributed by atoms with Crippen molar-refractivity contribution in [3.05, 3.63) is 89.6 Å². The molecule has 2 aromatic heterocycles. The summed E-state index contributed by atoms with van der Waals surface area (Å²) in [5.41, 5.74) is 5.43. The van der Waals surface area contributed by atoms with E-state index in [0.29, 0.717) is 76.0 Å². The maximum absolute atomic E-state index is 15.4. The van der Waals surface area contributed by atoms with Crippen molar-refractivity contribution in [3.8, 4) is 16.9 Å². The number of imide groups is 1. The van der Waals surface area contributed by atoms with Gasteiger partial charge in [-0.3, -0.25) is 24.5 Å². The molecular weight excluding hydrogens is 806 g/mol. The van der Waals surface area contributed by atoms with Crippen LogP contribution in [0.4, 0.5) is 38.9 Å². The first-order valence-corrected chi connectivity index (χ1v) is 23.1. The minimum absolute atomic E-state index is 0.257. The Bertz CT molecular complexity index is 2460. The Hall–Kier alpha value is -5.50. The number of amides is 2. The second-order valence-electron chi connectivity index (χ2n) is 15.9. The molecule has 5 aromatic rings. The van der Waals surface area contributed by atoms with Crippen molar-refractivity contribution in [3.63, 3.8) is 0 Å². The number of nitrogens with zero attached hydrogens (tertiary/aromatic N) is 7. The zero-order chi connectivity index (χ0) is 42.1. The van der Waals surface area contributed by atoms with Crippen molar-refractivity contribution in [1.29, 1.82) is 0 Å². The normalized spacial score (nSPS) is 18.1. The van der Waals surface area contributed by atoms with Gasteiger partial charge < -0.3 is 29.7 Å². The Morgan fingerprint density at radius 1 is 0.900 bits per heavy atom. The number of piperazine rings is 1. The van der Waals surface area contributed by atoms with Gasteiger partial charge >= 0.3 is 0 Å². The van der Waals surface area contributed by atoms with Crippen LogP contribution in [0, 0.1) is 5.82 Å². The van der Waals surface area contributed by atoms with Crippen LogP contribution in [0.15, 0.2) is 73.2 Å². The van der Waals surface area contributed by atoms with Crippen LogP contribution in [0.25, 0.3) is 11.1 Å². The van der Waals surface area contributed by atoms with Crippen LogP contribution in [0.3, 0.4) is 0 Å². The quantitative estimate of drug-likeness (QED) is 0.0956. The lowest BCUT2D eigenvalue weighted by molar-refractivity contribution is -0.134. The summed E-state index contributed by atoms with van der Waals surface area (Å²) in [6.45, 7) is 8.17. The summed E-state index contributed by atoms with van der Waals surface area (Å²) in [6, 6.07) is 16.9. The van der Waals surface area contributed by atoms with Crippen LogP contribution in [0.2, 0.25) is 5.02 Å². The zero-order valence-corrected chi connectivity index (χ0v) is 35.8. The molecule has 0 spiro atoms. The fraction of sp³-hybridized carbons (Fsp3) is 0.372. The topological polar surface area (TPSA) is 150 Å². The minimum atomic E-state index is -2.59. The number of halogens is 2. The van der Waals surface area contributed by atoms with Gasteiger partial charge in [-0.15, -0.1) is 0 Å². The maximum Gasteiger partial charge on any atom is 0.234 e. The van der Waals surface area contributed by atoms with Crippen molar-refractivity contribution >= 4 is 70.4 Å². The number of carbonyl (C=O) groups excluding carboxylic acids is 2. The van der Waals surface area contributed by atoms with Crippen LogP contribution in [-0.2, 0) is 21.2 Å². The minimum Gasteiger partial charge on any atom is -0.494 e. The van der Waals surface area contributed by atoms with Gasteiger partial charge in [-0.1, -0.05) is 29.8 Å². The standard InChI is InChI=1S/C43H49ClFN10O4P/c1-52-26-28(24-47-52)31-22-35(49-43-46-25-32(44)41(51-43)48-34-7-5-6-8-39(34)60(3,4)58)38(59-2)23-37(31)54-15-13-29(14-16-54)53-17-19-55(20-18-53)36-11-9-27(21-33(36)45)30-10-12-40(56)50-42(30)57/h5-9,11,21-26,29-30H,10,12-20H2,1-4H3,(H,50,56,57)(H2,46,48,49,51). The number of hydrogen-bond acceptors (Lipinski definition) is 12. The Labute approximate surface area is 353 Å². The second kappa shape index (κ2) is 17.2. The number of aryl methyl sites for hydroxylation is 1. The molecule has 0 saturated carbocycles. The van der Waals surface area contributed by atoms with E-state index in [1.165, 1.54) is 12.3 Å². The van der Waals surface area contributed by atoms with E-state index < -0.39 is 13.1 Å². The maximum atomic E-state index is 15.4. The van der Waals surface area contributed by atoms with Crippen LogP contribution >= 0.6 is 18.7 Å². The van der Waals surface area contributed by atoms with Gasteiger partial charge in [-0.2, -0.15) is 10.1 Å². The molecule has 60 heavy (non-hydrogen) atoms. The second-order valence-corrected chi connectivity index (χ2v) is 19.5. The van der Waals surface area contributed by atoms with Gasteiger partial charge in [0.15, 0.2) is 5.82 Å². The van der Waals surface area contributed by atoms with E-state index >= 15 is 4.39 Å². The largest absolute Gasteiger partial charge is 0.494 e. The number of ether oxygens (including phenoxy) is 1. The Morgan fingerprint density at radius 3 is 2.33 bits per heavy atom. The number of para-hydroxylation sites is 1. The Balaban J connectivity index is 0.951. The molecule has 1 unspecified atom stereocenters. The molecule has 0 bridgehead atoms. The number of aromatic nitrogens is 4. The first-order valence-electron chi connectivity index (χ1n) is 20.1. The highest BCUT2D eigenvalue weighted by Gasteiger charge is 2.32. The predicted octanol–water partition coefficient (Wildman–Crippen LogP) is 6.72. The van der Waals surface area contributed by atoms with Gasteiger partial charge in [-0.25, -0.2) is 9.37 Å². The van der Waals surface area contributed by atoms with E-state index in [-0.39, 0.29) is 24.1 Å². The molecule has 3 aliphatic heterocycles. The van der Waals surface area contributed by atoms with Gasteiger partial charge in [0.1, 0.15) is 23.7 Å². The van der Waals surface area contributed by atoms with Crippen LogP contribution < -0.4 is 35.8 Å². The van der Waals surface area contributed by atoms with E-state index in [2.05, 4.69) is 46.8 Å². The molecule has 0 aliphatic carbocycles. The lowest BCUT2D eigenvalue weighted by Crippen LogP contribution is -2.53. The Kier molecular flexibility index (Phi) is 11.8. The SMILES string of the molecule is COc1cc(N2CCC(N3CCN(c4ccc(C5CCC(=O)NC5=O)cc4F)CC3)CC2)c(-c2cnn(C)c2)cc1Nc1ncc(Cl)c(Nc2ccccc2P(C)(C)=O)n1. The highest BCUT2D eigenvalue weighted by Crippen LogP contribution is 2.42. The summed E-state index contributed by atoms with van der Waals surface area (Å²) in [7, 11) is 0.942. The smallest absolute Gasteiger partial charge is 0.234 e. The Morgan fingerprint density at radius 2 is 1.65 bits per heavy atom. The summed E-state index contributed by atoms with van der Waals surface area (Å²) in [4.78, 5) is 40.1. The highest BCUT2D eigenvalue weighted by molar-refractivity contribution is 7.70. The number of nitrogens with one attached hydrogen (secondary N) is 3. The lowest BCUT2D eigenvalue weighted by atomic mass is 9.90. The van der Waals surface area contributed by atoms with E-state index in [9.17, 15) is 14.2 Å². The molecule has 2 amide bonds. The van der Waals surface area contributed by atoms with E-state index in [1.807, 2.05) is 55.8 Å². The molecule has 14 nitrogen and oxygen atoms in total. The fourth-order valence-corrected chi connectivity index (χ4v) is 9.80. The first kappa shape index (κ1) is 41.2. The molecule has 0 radical (unpaired) electrons. The summed E-state index contributed by atoms with van der Waals surface area (Å²) in [5, 5.41) is 14.5. The third-order valence-electron chi connectivity index (χ3n) is 11.7. The molecular formula is C43H49ClFN10O4P. The van der Waals surface area contributed by atoms with Crippen LogP contribution in [0.1, 0.15) is 37.2 Å². The van der Waals surface area contributed by atoms with Gasteiger partial charge in [0.2, 0.25) is 17.8 Å². The molecule has 17 heteroatoms. The summed E-state index contributed by atoms with van der Waals surface area (Å²) < 4.78 is 36.2. The van der Waals surface area contributed by atoms with Gasteiger partial charge in [0.25, 0.3) is 0 Å². The number of rotatable bonds is 11. The average Bonchev–Trinajstić information content (AvgIpc) is 3.67. The van der Waals surface area contributed by atoms with Crippen LogP contribution in [0.5, 0.6) is 5.75 Å². The molecule has 3 saturated heterocycles. The molecule has 3 aromatic carbocycles. The van der Waals surface area contributed by atoms with Crippen molar-refractivity contribution < 1.29 is 23.3 Å².